The molecule has 118 valence electrons. The number of nitrogens with one attached hydrogen (secondary N) is 1. The summed E-state index contributed by atoms with van der Waals surface area (Å²) < 4.78 is 2.19. The summed E-state index contributed by atoms with van der Waals surface area (Å²) in [5.41, 5.74) is 4.28. The Kier molecular flexibility index (Phi) is 3.93. The number of fused-ring (bicyclic) bond motifs is 1. The van der Waals surface area contributed by atoms with Gasteiger partial charge in [-0.2, -0.15) is 0 Å². The second-order valence-corrected chi connectivity index (χ2v) is 6.06. The highest BCUT2D eigenvalue weighted by Crippen LogP contribution is 2.24. The maximum atomic E-state index is 5.97. The number of imidazole rings is 1. The van der Waals surface area contributed by atoms with Crippen molar-refractivity contribution in [3.63, 3.8) is 0 Å². The lowest BCUT2D eigenvalue weighted by molar-refractivity contribution is 0.835. The quantitative estimate of drug-likeness (QED) is 0.535. The Morgan fingerprint density at radius 2 is 1.54 bits per heavy atom. The van der Waals surface area contributed by atoms with Gasteiger partial charge in [-0.3, -0.25) is 0 Å². The first-order valence-corrected chi connectivity index (χ1v) is 8.19. The van der Waals surface area contributed by atoms with Gasteiger partial charge >= 0.3 is 0 Å². The third-order valence-corrected chi connectivity index (χ3v) is 4.19. The van der Waals surface area contributed by atoms with E-state index in [1.165, 1.54) is 5.56 Å². The van der Waals surface area contributed by atoms with Crippen LogP contribution in [-0.4, -0.2) is 9.55 Å². The fourth-order valence-corrected chi connectivity index (χ4v) is 2.89. The van der Waals surface area contributed by atoms with Crippen LogP contribution < -0.4 is 5.32 Å². The van der Waals surface area contributed by atoms with Crippen LogP contribution in [0.1, 0.15) is 5.56 Å². The zero-order valence-corrected chi connectivity index (χ0v) is 13.7. The monoisotopic (exact) mass is 333 g/mol. The van der Waals surface area contributed by atoms with Gasteiger partial charge in [-0.05, 0) is 42.0 Å². The molecule has 1 aromatic heterocycles. The Hall–Kier alpha value is -2.78. The van der Waals surface area contributed by atoms with E-state index in [1.807, 2.05) is 48.5 Å². The number of benzene rings is 3. The van der Waals surface area contributed by atoms with Gasteiger partial charge in [0, 0.05) is 10.7 Å². The van der Waals surface area contributed by atoms with E-state index in [1.54, 1.807) is 0 Å². The van der Waals surface area contributed by atoms with E-state index in [0.29, 0.717) is 0 Å². The smallest absolute Gasteiger partial charge is 0.208 e. The van der Waals surface area contributed by atoms with Crippen molar-refractivity contribution in [3.8, 4) is 0 Å². The van der Waals surface area contributed by atoms with E-state index in [-0.39, 0.29) is 0 Å². The molecule has 0 amide bonds. The van der Waals surface area contributed by atoms with Gasteiger partial charge in [0.1, 0.15) is 0 Å². The van der Waals surface area contributed by atoms with Gasteiger partial charge in [-0.15, -0.1) is 0 Å². The van der Waals surface area contributed by atoms with Crippen LogP contribution in [0.4, 0.5) is 11.6 Å². The van der Waals surface area contributed by atoms with Gasteiger partial charge in [0.15, 0.2) is 0 Å². The summed E-state index contributed by atoms with van der Waals surface area (Å²) >= 11 is 5.97. The van der Waals surface area contributed by atoms with Crippen molar-refractivity contribution in [2.24, 2.45) is 0 Å². The van der Waals surface area contributed by atoms with Crippen molar-refractivity contribution in [1.82, 2.24) is 9.55 Å². The standard InChI is InChI=1S/C20H16ClN3/c21-16-10-12-17(13-11-16)22-20-23-18-8-4-5-9-19(18)24(20)14-15-6-2-1-3-7-15/h1-13H,14H2,(H,22,23). The molecule has 0 aliphatic heterocycles. The molecular formula is C20H16ClN3. The number of aromatic nitrogens is 2. The summed E-state index contributed by atoms with van der Waals surface area (Å²) in [5, 5.41) is 4.12. The minimum atomic E-state index is 0.721. The van der Waals surface area contributed by atoms with Crippen molar-refractivity contribution in [2.45, 2.75) is 6.54 Å². The number of para-hydroxylation sites is 2. The number of hydrogen-bond acceptors (Lipinski definition) is 2. The molecule has 0 saturated carbocycles. The normalized spacial score (nSPS) is 10.9. The van der Waals surface area contributed by atoms with Gasteiger partial charge in [0.25, 0.3) is 0 Å². The molecule has 4 heteroatoms. The Morgan fingerprint density at radius 3 is 2.33 bits per heavy atom. The lowest BCUT2D eigenvalue weighted by Gasteiger charge is -2.11. The fourth-order valence-electron chi connectivity index (χ4n) is 2.76. The van der Waals surface area contributed by atoms with Crippen LogP contribution in [-0.2, 0) is 6.54 Å². The molecule has 0 atom stereocenters. The molecule has 24 heavy (non-hydrogen) atoms. The van der Waals surface area contributed by atoms with E-state index in [2.05, 4.69) is 40.2 Å². The van der Waals surface area contributed by atoms with Crippen LogP contribution in [0.3, 0.4) is 0 Å². The van der Waals surface area contributed by atoms with Gasteiger partial charge < -0.3 is 9.88 Å². The Morgan fingerprint density at radius 1 is 0.833 bits per heavy atom. The van der Waals surface area contributed by atoms with Crippen molar-refractivity contribution >= 4 is 34.3 Å². The molecule has 1 heterocycles. The maximum Gasteiger partial charge on any atom is 0.208 e. The zero-order valence-electron chi connectivity index (χ0n) is 13.0. The zero-order chi connectivity index (χ0) is 16.4. The second kappa shape index (κ2) is 6.38. The van der Waals surface area contributed by atoms with Crippen LogP contribution in [0.5, 0.6) is 0 Å². The molecule has 3 aromatic carbocycles. The first-order valence-electron chi connectivity index (χ1n) is 7.81. The molecule has 3 nitrogen and oxygen atoms in total. The van der Waals surface area contributed by atoms with Crippen LogP contribution >= 0.6 is 11.6 Å². The second-order valence-electron chi connectivity index (χ2n) is 5.63. The number of halogens is 1. The first kappa shape index (κ1) is 14.8. The van der Waals surface area contributed by atoms with Gasteiger partial charge in [0.05, 0.1) is 17.6 Å². The number of nitrogens with zero attached hydrogens (tertiary/aromatic N) is 2. The highest BCUT2D eigenvalue weighted by atomic mass is 35.5. The molecule has 4 aromatic rings. The van der Waals surface area contributed by atoms with Crippen molar-refractivity contribution in [1.29, 1.82) is 0 Å². The highest BCUT2D eigenvalue weighted by Gasteiger charge is 2.11. The molecule has 0 radical (unpaired) electrons. The molecule has 0 saturated heterocycles. The third-order valence-electron chi connectivity index (χ3n) is 3.94. The summed E-state index contributed by atoms with van der Waals surface area (Å²) in [6, 6.07) is 26.2. The summed E-state index contributed by atoms with van der Waals surface area (Å²) in [6.45, 7) is 0.761. The molecule has 1 N–H and O–H groups in total. The third kappa shape index (κ3) is 2.99. The summed E-state index contributed by atoms with van der Waals surface area (Å²) in [7, 11) is 0. The first-order chi connectivity index (χ1) is 11.8. The van der Waals surface area contributed by atoms with Crippen LogP contribution in [0.2, 0.25) is 5.02 Å². The topological polar surface area (TPSA) is 29.9 Å². The van der Waals surface area contributed by atoms with E-state index in [0.717, 1.165) is 34.2 Å². The number of anilines is 2. The Bertz CT molecular complexity index is 959. The average molecular weight is 334 g/mol. The molecule has 4 rings (SSSR count). The lowest BCUT2D eigenvalue weighted by atomic mass is 10.2. The predicted octanol–water partition coefficient (Wildman–Crippen LogP) is 5.48. The summed E-state index contributed by atoms with van der Waals surface area (Å²) in [5.74, 6) is 0.822. The molecule has 0 aliphatic rings. The van der Waals surface area contributed by atoms with E-state index in [4.69, 9.17) is 16.6 Å². The maximum absolute atomic E-state index is 5.97. The van der Waals surface area contributed by atoms with E-state index >= 15 is 0 Å². The summed E-state index contributed by atoms with van der Waals surface area (Å²) in [4.78, 5) is 4.75. The Labute approximate surface area is 145 Å². The molecule has 0 bridgehead atoms. The van der Waals surface area contributed by atoms with Gasteiger partial charge in [0.2, 0.25) is 5.95 Å². The molecule has 0 aliphatic carbocycles. The fraction of sp³-hybridized carbons (Fsp3) is 0.0500. The van der Waals surface area contributed by atoms with Crippen molar-refractivity contribution in [3.05, 3.63) is 89.4 Å². The van der Waals surface area contributed by atoms with Gasteiger partial charge in [-0.25, -0.2) is 4.98 Å². The Balaban J connectivity index is 1.76. The number of hydrogen-bond donors (Lipinski definition) is 1. The highest BCUT2D eigenvalue weighted by molar-refractivity contribution is 6.30. The van der Waals surface area contributed by atoms with E-state index in [9.17, 15) is 0 Å². The molecule has 0 fully saturated rings. The number of rotatable bonds is 4. The van der Waals surface area contributed by atoms with Crippen molar-refractivity contribution < 1.29 is 0 Å². The van der Waals surface area contributed by atoms with Crippen LogP contribution in [0.25, 0.3) is 11.0 Å². The molecule has 0 spiro atoms. The average Bonchev–Trinajstić information content (AvgIpc) is 2.95. The predicted molar refractivity (Wildman–Crippen MR) is 100 cm³/mol. The minimum absolute atomic E-state index is 0.721. The van der Waals surface area contributed by atoms with Gasteiger partial charge in [-0.1, -0.05) is 54.1 Å². The molecule has 0 unspecified atom stereocenters. The van der Waals surface area contributed by atoms with E-state index < -0.39 is 0 Å². The summed E-state index contributed by atoms with van der Waals surface area (Å²) in [6.07, 6.45) is 0. The SMILES string of the molecule is Clc1ccc(Nc2nc3ccccc3n2Cc2ccccc2)cc1. The van der Waals surface area contributed by atoms with Crippen molar-refractivity contribution in [2.75, 3.05) is 5.32 Å². The van der Waals surface area contributed by atoms with Crippen LogP contribution in [0, 0.1) is 0 Å². The van der Waals surface area contributed by atoms with Crippen LogP contribution in [0.15, 0.2) is 78.9 Å². The lowest BCUT2D eigenvalue weighted by Crippen LogP contribution is -2.05. The minimum Gasteiger partial charge on any atom is -0.326 e. The largest absolute Gasteiger partial charge is 0.326 e. The molecular weight excluding hydrogens is 318 g/mol.